The normalized spacial score (nSPS) is 11.7. The number of carbonyl (C=O) groups is 2. The first-order chi connectivity index (χ1) is 20.2. The Balaban J connectivity index is 1.48. The Hall–Kier alpha value is -4.38. The lowest BCUT2D eigenvalue weighted by Gasteiger charge is -2.27. The number of aromatic nitrogens is 1. The van der Waals surface area contributed by atoms with Crippen molar-refractivity contribution in [3.8, 4) is 21.9 Å². The maximum absolute atomic E-state index is 14.4. The van der Waals surface area contributed by atoms with Crippen molar-refractivity contribution in [2.45, 2.75) is 59.3 Å². The van der Waals surface area contributed by atoms with E-state index < -0.39 is 29.3 Å². The van der Waals surface area contributed by atoms with Crippen LogP contribution in [0.25, 0.3) is 20.7 Å². The van der Waals surface area contributed by atoms with Crippen LogP contribution < -0.4 is 10.5 Å². The van der Waals surface area contributed by atoms with Crippen LogP contribution in [0.3, 0.4) is 0 Å². The number of halogens is 1. The summed E-state index contributed by atoms with van der Waals surface area (Å²) in [5, 5.41) is 0. The molecular formula is C32H36FN3O6S. The Bertz CT molecular complexity index is 1590. The third kappa shape index (κ3) is 9.05. The van der Waals surface area contributed by atoms with Crippen LogP contribution >= 0.6 is 11.3 Å². The summed E-state index contributed by atoms with van der Waals surface area (Å²) in [5.74, 6) is 0.0179. The van der Waals surface area contributed by atoms with E-state index in [1.807, 2.05) is 30.3 Å². The topological polar surface area (TPSA) is 113 Å². The molecule has 9 nitrogen and oxygen atoms in total. The highest BCUT2D eigenvalue weighted by atomic mass is 32.1. The molecule has 2 N–H and O–H groups in total. The molecule has 2 aromatic carbocycles. The van der Waals surface area contributed by atoms with Gasteiger partial charge in [-0.25, -0.2) is 14.0 Å². The summed E-state index contributed by atoms with van der Waals surface area (Å²) in [5.41, 5.74) is 7.11. The first kappa shape index (κ1) is 31.6. The number of carbonyl (C=O) groups excluding carboxylic acids is 2. The lowest BCUT2D eigenvalue weighted by molar-refractivity contribution is -0.0148. The van der Waals surface area contributed by atoms with Gasteiger partial charge in [-0.15, -0.1) is 11.3 Å². The predicted molar refractivity (Wildman–Crippen MR) is 165 cm³/mol. The maximum atomic E-state index is 14.4. The van der Waals surface area contributed by atoms with Crippen LogP contribution in [0.5, 0.6) is 11.5 Å². The number of nitrogens with two attached hydrogens (primary N) is 1. The Kier molecular flexibility index (Phi) is 9.44. The Morgan fingerprint density at radius 3 is 2.28 bits per heavy atom. The summed E-state index contributed by atoms with van der Waals surface area (Å²) in [6.45, 7) is 10.9. The van der Waals surface area contributed by atoms with E-state index in [1.54, 1.807) is 59.9 Å². The van der Waals surface area contributed by atoms with Crippen LogP contribution in [0.4, 0.5) is 19.7 Å². The van der Waals surface area contributed by atoms with Crippen LogP contribution in [0.1, 0.15) is 47.1 Å². The first-order valence-electron chi connectivity index (χ1n) is 13.7. The van der Waals surface area contributed by atoms with E-state index in [0.717, 1.165) is 26.2 Å². The van der Waals surface area contributed by atoms with Crippen LogP contribution in [-0.2, 0) is 20.8 Å². The molecule has 11 heteroatoms. The summed E-state index contributed by atoms with van der Waals surface area (Å²) in [7, 11) is 0. The fourth-order valence-corrected chi connectivity index (χ4v) is 5.00. The predicted octanol–water partition coefficient (Wildman–Crippen LogP) is 8.17. The van der Waals surface area contributed by atoms with Crippen LogP contribution in [0, 0.1) is 5.82 Å². The number of rotatable bonds is 8. The zero-order chi connectivity index (χ0) is 31.4. The van der Waals surface area contributed by atoms with Crippen LogP contribution in [-0.4, -0.2) is 46.5 Å². The number of benzene rings is 2. The van der Waals surface area contributed by atoms with E-state index >= 15 is 0 Å². The summed E-state index contributed by atoms with van der Waals surface area (Å²) in [6.07, 6.45) is 0.292. The van der Waals surface area contributed by atoms with Gasteiger partial charge in [-0.2, -0.15) is 0 Å². The molecule has 2 aromatic heterocycles. The van der Waals surface area contributed by atoms with Crippen molar-refractivity contribution in [1.29, 1.82) is 0 Å². The highest BCUT2D eigenvalue weighted by molar-refractivity contribution is 7.22. The lowest BCUT2D eigenvalue weighted by Crippen LogP contribution is -2.38. The lowest BCUT2D eigenvalue weighted by atomic mass is 10.1. The van der Waals surface area contributed by atoms with Crippen LogP contribution in [0.2, 0.25) is 0 Å². The van der Waals surface area contributed by atoms with Gasteiger partial charge in [0.2, 0.25) is 0 Å². The minimum atomic E-state index is -0.800. The number of amides is 1. The molecule has 0 atom stereocenters. The van der Waals surface area contributed by atoms with Crippen molar-refractivity contribution >= 4 is 39.5 Å². The zero-order valence-electron chi connectivity index (χ0n) is 25.1. The third-order valence-corrected chi connectivity index (χ3v) is 6.97. The van der Waals surface area contributed by atoms with Gasteiger partial charge in [0.15, 0.2) is 11.6 Å². The zero-order valence-corrected chi connectivity index (χ0v) is 25.9. The highest BCUT2D eigenvalue weighted by Crippen LogP contribution is 2.39. The Morgan fingerprint density at radius 1 is 0.930 bits per heavy atom. The minimum absolute atomic E-state index is 0.0499. The molecule has 1 amide bonds. The molecule has 0 aliphatic heterocycles. The molecular weight excluding hydrogens is 573 g/mol. The second kappa shape index (κ2) is 12.9. The third-order valence-electron chi connectivity index (χ3n) is 5.79. The molecule has 0 spiro atoms. The van der Waals surface area contributed by atoms with Crippen molar-refractivity contribution in [2.24, 2.45) is 0 Å². The molecule has 0 aliphatic rings. The number of thiophene rings is 1. The summed E-state index contributed by atoms with van der Waals surface area (Å²) < 4.78 is 36.9. The second-order valence-electron chi connectivity index (χ2n) is 11.8. The van der Waals surface area contributed by atoms with Gasteiger partial charge < -0.3 is 29.6 Å². The van der Waals surface area contributed by atoms with Gasteiger partial charge in [0.25, 0.3) is 0 Å². The van der Waals surface area contributed by atoms with Crippen molar-refractivity contribution in [1.82, 2.24) is 9.88 Å². The molecule has 0 radical (unpaired) electrons. The van der Waals surface area contributed by atoms with Crippen molar-refractivity contribution in [3.63, 3.8) is 0 Å². The van der Waals surface area contributed by atoms with Crippen molar-refractivity contribution in [3.05, 3.63) is 72.2 Å². The van der Waals surface area contributed by atoms with Gasteiger partial charge >= 0.3 is 12.2 Å². The van der Waals surface area contributed by atoms with E-state index in [1.165, 1.54) is 28.4 Å². The van der Waals surface area contributed by atoms with E-state index in [4.69, 9.17) is 24.7 Å². The fraction of sp³-hybridized carbons (Fsp3) is 0.344. The molecule has 0 saturated carbocycles. The number of fused-ring (bicyclic) bond motifs is 1. The summed E-state index contributed by atoms with van der Waals surface area (Å²) in [6, 6.07) is 15.7. The standard InChI is InChI=1S/C32H36FN3O6S/c1-31(2,3)41-29(37)36(15-16-39-30(38)42-32(4,5)6)19-20-7-9-21(10-8-20)27-18-24-28(43-27)26(13-14-35-24)40-25-12-11-22(34)17-23(25)33/h7-14,17-18H,15-16,19,34H2,1-6H3. The van der Waals surface area contributed by atoms with Gasteiger partial charge in [-0.3, -0.25) is 4.98 Å². The smallest absolute Gasteiger partial charge is 0.453 e. The van der Waals surface area contributed by atoms with Crippen molar-refractivity contribution < 1.29 is 32.9 Å². The van der Waals surface area contributed by atoms with Gasteiger partial charge in [-0.05, 0) is 70.9 Å². The first-order valence-corrected chi connectivity index (χ1v) is 14.5. The molecule has 0 aliphatic carbocycles. The van der Waals surface area contributed by atoms with Gasteiger partial charge in [0.05, 0.1) is 16.8 Å². The van der Waals surface area contributed by atoms with Gasteiger partial charge in [0.1, 0.15) is 23.6 Å². The molecule has 0 unspecified atom stereocenters. The van der Waals surface area contributed by atoms with E-state index in [9.17, 15) is 14.0 Å². The molecule has 4 aromatic rings. The highest BCUT2D eigenvalue weighted by Gasteiger charge is 2.24. The largest absolute Gasteiger partial charge is 0.508 e. The van der Waals surface area contributed by atoms with E-state index in [-0.39, 0.29) is 25.4 Å². The second-order valence-corrected chi connectivity index (χ2v) is 12.9. The van der Waals surface area contributed by atoms with Crippen molar-refractivity contribution in [2.75, 3.05) is 18.9 Å². The number of anilines is 1. The Labute approximate surface area is 254 Å². The molecule has 2 heterocycles. The van der Waals surface area contributed by atoms with Crippen LogP contribution in [0.15, 0.2) is 60.8 Å². The SMILES string of the molecule is CC(C)(C)OC(=O)OCCN(Cc1ccc(-c2cc3nccc(Oc4ccc(N)cc4F)c3s2)cc1)C(=O)OC(C)(C)C. The monoisotopic (exact) mass is 609 g/mol. The number of hydrogen-bond acceptors (Lipinski definition) is 9. The molecule has 43 heavy (non-hydrogen) atoms. The number of pyridine rings is 1. The van der Waals surface area contributed by atoms with Gasteiger partial charge in [-0.1, -0.05) is 24.3 Å². The minimum Gasteiger partial charge on any atom is -0.453 e. The number of nitrogen functional groups attached to an aromatic ring is 1. The fourth-order valence-electron chi connectivity index (χ4n) is 3.93. The summed E-state index contributed by atoms with van der Waals surface area (Å²) in [4.78, 5) is 31.8. The molecule has 4 rings (SSSR count). The maximum Gasteiger partial charge on any atom is 0.508 e. The molecule has 228 valence electrons. The molecule has 0 saturated heterocycles. The van der Waals surface area contributed by atoms with Gasteiger partial charge in [0, 0.05) is 35.4 Å². The Morgan fingerprint density at radius 2 is 1.63 bits per heavy atom. The number of ether oxygens (including phenoxy) is 4. The summed E-state index contributed by atoms with van der Waals surface area (Å²) >= 11 is 1.47. The number of hydrogen-bond donors (Lipinski definition) is 1. The average molecular weight is 610 g/mol. The molecule has 0 bridgehead atoms. The van der Waals surface area contributed by atoms with E-state index in [0.29, 0.717) is 11.4 Å². The average Bonchev–Trinajstić information content (AvgIpc) is 3.33. The van der Waals surface area contributed by atoms with E-state index in [2.05, 4.69) is 4.98 Å². The quantitative estimate of drug-likeness (QED) is 0.157. The number of nitrogens with zero attached hydrogens (tertiary/aromatic N) is 2. The molecule has 0 fully saturated rings.